The van der Waals surface area contributed by atoms with Gasteiger partial charge in [0.1, 0.15) is 30.2 Å². The molecule has 1 aliphatic heterocycles. The van der Waals surface area contributed by atoms with Crippen LogP contribution in [0.25, 0.3) is 11.2 Å². The van der Waals surface area contributed by atoms with Crippen molar-refractivity contribution in [3.05, 3.63) is 12.7 Å². The van der Waals surface area contributed by atoms with Gasteiger partial charge in [0, 0.05) is 6.42 Å². The summed E-state index contributed by atoms with van der Waals surface area (Å²) in [6.07, 6.45) is 4.08. The molecule has 3 heterocycles. The molecule has 0 spiro atoms. The van der Waals surface area contributed by atoms with E-state index in [1.54, 1.807) is 0 Å². The number of rotatable bonds is 13. The first-order chi connectivity index (χ1) is 16.2. The third-order valence-electron chi connectivity index (χ3n) is 5.59. The fourth-order valence-corrected chi connectivity index (χ4v) is 4.46. The van der Waals surface area contributed by atoms with E-state index in [1.165, 1.54) is 23.6 Å². The number of unbranched alkanes of at least 4 members (excludes halogenated alkanes) is 6. The van der Waals surface area contributed by atoms with Crippen molar-refractivity contribution in [2.75, 3.05) is 12.3 Å². The highest BCUT2D eigenvalue weighted by atomic mass is 31.2. The number of imidazole rings is 1. The van der Waals surface area contributed by atoms with E-state index in [-0.39, 0.29) is 23.4 Å². The second-order valence-electron chi connectivity index (χ2n) is 8.21. The molecule has 0 aliphatic carbocycles. The number of nitrogen functional groups attached to an aromatic ring is 1. The average Bonchev–Trinajstić information content (AvgIpc) is 3.34. The van der Waals surface area contributed by atoms with Crippen LogP contribution in [0, 0.1) is 0 Å². The summed E-state index contributed by atoms with van der Waals surface area (Å²) in [4.78, 5) is 35.8. The number of hydrogen-bond donors (Lipinski definition) is 3. The van der Waals surface area contributed by atoms with Crippen LogP contribution in [0.5, 0.6) is 0 Å². The number of carbonyl (C=O) groups is 1. The lowest BCUT2D eigenvalue weighted by atomic mass is 10.1. The maximum absolute atomic E-state index is 12.0. The molecule has 1 unspecified atom stereocenters. The number of nitrogens with two attached hydrogens (primary N) is 1. The topological polar surface area (TPSA) is 195 Å². The Kier molecular flexibility index (Phi) is 9.34. The monoisotopic (exact) mass is 500 g/mol. The smallest absolute Gasteiger partial charge is 0.322 e. The average molecular weight is 500 g/mol. The predicted molar refractivity (Wildman–Crippen MR) is 118 cm³/mol. The normalized spacial score (nSPS) is 24.4. The molecule has 0 amide bonds. The molecular formula is C20H31N5O8P-. The standard InChI is InChI=1S/C20H32N5O8P/c1-2-3-4-5-6-7-8-9-14(26)33-34(29,30)31-10-13-16(27)17(28)20(32-13)25-12-24-15-18(21)22-11-23-19(15)25/h11-13,16-17,20,27-28H,2-10H2,1H3,(H,29,30)(H2,21,22,23)/p-1/t13-,16-,17-,20-/m1/s1. The maximum atomic E-state index is 12.0. The minimum absolute atomic E-state index is 0.0363. The Morgan fingerprint density at radius 1 is 1.18 bits per heavy atom. The summed E-state index contributed by atoms with van der Waals surface area (Å²) in [6.45, 7) is 1.47. The van der Waals surface area contributed by atoms with Crippen molar-refractivity contribution in [1.29, 1.82) is 0 Å². The molecule has 34 heavy (non-hydrogen) atoms. The van der Waals surface area contributed by atoms with Gasteiger partial charge >= 0.3 is 13.8 Å². The zero-order valence-electron chi connectivity index (χ0n) is 19.0. The Labute approximate surface area is 196 Å². The number of aromatic nitrogens is 4. The van der Waals surface area contributed by atoms with Crippen molar-refractivity contribution in [2.24, 2.45) is 0 Å². The number of carbonyl (C=O) groups excluding carboxylic acids is 1. The molecule has 0 aromatic carbocycles. The van der Waals surface area contributed by atoms with Crippen molar-refractivity contribution in [3.8, 4) is 0 Å². The fraction of sp³-hybridized carbons (Fsp3) is 0.700. The fourth-order valence-electron chi connectivity index (χ4n) is 3.74. The van der Waals surface area contributed by atoms with Crippen LogP contribution >= 0.6 is 7.82 Å². The van der Waals surface area contributed by atoms with Crippen molar-refractivity contribution in [3.63, 3.8) is 0 Å². The number of nitrogens with zero attached hydrogens (tertiary/aromatic N) is 4. The van der Waals surface area contributed by atoms with E-state index in [4.69, 9.17) is 15.0 Å². The molecule has 0 saturated carbocycles. The molecule has 0 bridgehead atoms. The van der Waals surface area contributed by atoms with Crippen LogP contribution in [0.2, 0.25) is 0 Å². The molecule has 3 rings (SSSR count). The predicted octanol–water partition coefficient (Wildman–Crippen LogP) is 1.20. The Bertz CT molecular complexity index is 1000. The summed E-state index contributed by atoms with van der Waals surface area (Å²) in [6, 6.07) is 0. The Balaban J connectivity index is 1.47. The molecule has 1 saturated heterocycles. The third kappa shape index (κ3) is 6.71. The van der Waals surface area contributed by atoms with E-state index in [0.29, 0.717) is 6.42 Å². The highest BCUT2D eigenvalue weighted by Gasteiger charge is 2.45. The van der Waals surface area contributed by atoms with Crippen molar-refractivity contribution in [1.82, 2.24) is 19.5 Å². The second kappa shape index (κ2) is 12.0. The van der Waals surface area contributed by atoms with E-state index < -0.39 is 44.9 Å². The van der Waals surface area contributed by atoms with Gasteiger partial charge < -0.3 is 34.6 Å². The van der Waals surface area contributed by atoms with Gasteiger partial charge in [-0.3, -0.25) is 13.9 Å². The number of hydrogen-bond acceptors (Lipinski definition) is 12. The van der Waals surface area contributed by atoms with Crippen LogP contribution in [0.1, 0.15) is 64.5 Å². The van der Waals surface area contributed by atoms with E-state index in [9.17, 15) is 24.5 Å². The highest BCUT2D eigenvalue weighted by Crippen LogP contribution is 2.41. The summed E-state index contributed by atoms with van der Waals surface area (Å²) in [5.74, 6) is -0.776. The van der Waals surface area contributed by atoms with Gasteiger partial charge in [0.25, 0.3) is 0 Å². The van der Waals surface area contributed by atoms with Crippen LogP contribution in [0.15, 0.2) is 12.7 Å². The van der Waals surface area contributed by atoms with Gasteiger partial charge in [-0.25, -0.2) is 15.0 Å². The van der Waals surface area contributed by atoms with Crippen LogP contribution in [0.3, 0.4) is 0 Å². The van der Waals surface area contributed by atoms with Crippen molar-refractivity contribution in [2.45, 2.75) is 82.8 Å². The lowest BCUT2D eigenvalue weighted by molar-refractivity contribution is -0.227. The van der Waals surface area contributed by atoms with Gasteiger partial charge in [0.05, 0.1) is 12.9 Å². The van der Waals surface area contributed by atoms with Crippen LogP contribution < -0.4 is 10.6 Å². The summed E-state index contributed by atoms with van der Waals surface area (Å²) < 4.78 is 28.2. The van der Waals surface area contributed by atoms with Crippen LogP contribution in [-0.4, -0.2) is 60.6 Å². The quantitative estimate of drug-likeness (QED) is 0.263. The third-order valence-corrected chi connectivity index (χ3v) is 6.49. The molecular weight excluding hydrogens is 469 g/mol. The largest absolute Gasteiger partial charge is 0.746 e. The lowest BCUT2D eigenvalue weighted by Crippen LogP contribution is -2.34. The number of ether oxygens (including phenoxy) is 1. The van der Waals surface area contributed by atoms with Crippen molar-refractivity contribution < 1.29 is 38.3 Å². The molecule has 2 aromatic heterocycles. The molecule has 0 radical (unpaired) electrons. The number of phosphoric ester groups is 1. The van der Waals surface area contributed by atoms with Gasteiger partial charge in [-0.1, -0.05) is 45.4 Å². The Morgan fingerprint density at radius 2 is 1.88 bits per heavy atom. The zero-order valence-corrected chi connectivity index (χ0v) is 19.9. The molecule has 1 fully saturated rings. The SMILES string of the molecule is CCCCCCCCCC(=O)OP(=O)([O-])OC[C@H]1O[C@@H](n2cnc3c(N)ncnc32)[C@H](O)[C@@H]1O. The van der Waals surface area contributed by atoms with Gasteiger partial charge in [-0.15, -0.1) is 0 Å². The molecule has 2 aromatic rings. The lowest BCUT2D eigenvalue weighted by Gasteiger charge is -2.24. The molecule has 1 aliphatic rings. The first-order valence-corrected chi connectivity index (χ1v) is 12.8. The van der Waals surface area contributed by atoms with E-state index in [0.717, 1.165) is 32.1 Å². The Morgan fingerprint density at radius 3 is 2.62 bits per heavy atom. The second-order valence-corrected chi connectivity index (χ2v) is 9.54. The van der Waals surface area contributed by atoms with E-state index in [1.807, 2.05) is 0 Å². The minimum Gasteiger partial charge on any atom is -0.746 e. The summed E-state index contributed by atoms with van der Waals surface area (Å²) in [5, 5.41) is 20.7. The number of fused-ring (bicyclic) bond motifs is 1. The number of anilines is 1. The zero-order chi connectivity index (χ0) is 24.7. The molecule has 4 N–H and O–H groups in total. The number of phosphoric acid groups is 1. The van der Waals surface area contributed by atoms with Gasteiger partial charge in [0.2, 0.25) is 0 Å². The van der Waals surface area contributed by atoms with Crippen LogP contribution in [0.4, 0.5) is 5.82 Å². The van der Waals surface area contributed by atoms with Gasteiger partial charge in [-0.2, -0.15) is 0 Å². The van der Waals surface area contributed by atoms with E-state index in [2.05, 4.69) is 26.4 Å². The molecule has 13 nitrogen and oxygen atoms in total. The minimum atomic E-state index is -4.97. The van der Waals surface area contributed by atoms with Gasteiger partial charge in [-0.05, 0) is 6.42 Å². The first-order valence-electron chi connectivity index (χ1n) is 11.4. The summed E-state index contributed by atoms with van der Waals surface area (Å²) in [7, 11) is -4.97. The molecule has 14 heteroatoms. The number of aliphatic hydroxyl groups is 2. The summed E-state index contributed by atoms with van der Waals surface area (Å²) in [5.41, 5.74) is 6.29. The summed E-state index contributed by atoms with van der Waals surface area (Å²) >= 11 is 0. The Hall–Kier alpha value is -2.15. The van der Waals surface area contributed by atoms with Crippen molar-refractivity contribution >= 4 is 30.8 Å². The van der Waals surface area contributed by atoms with Crippen LogP contribution in [-0.2, 0) is 23.1 Å². The number of aliphatic hydroxyl groups excluding tert-OH is 2. The van der Waals surface area contributed by atoms with E-state index >= 15 is 0 Å². The van der Waals surface area contributed by atoms with Gasteiger partial charge in [0.15, 0.2) is 17.7 Å². The maximum Gasteiger partial charge on any atom is 0.322 e. The highest BCUT2D eigenvalue weighted by molar-refractivity contribution is 7.46. The molecule has 190 valence electrons. The molecule has 5 atom stereocenters. The first kappa shape index (κ1) is 26.5.